The first-order valence-corrected chi connectivity index (χ1v) is 8.24. The summed E-state index contributed by atoms with van der Waals surface area (Å²) in [7, 11) is 0. The van der Waals surface area contributed by atoms with Crippen LogP contribution in [-0.2, 0) is 4.84 Å². The molecule has 1 amide bonds. The summed E-state index contributed by atoms with van der Waals surface area (Å²) in [4.78, 5) is 28.5. The average Bonchev–Trinajstić information content (AvgIpc) is 3.20. The van der Waals surface area contributed by atoms with E-state index >= 15 is 0 Å². The van der Waals surface area contributed by atoms with Gasteiger partial charge in [-0.1, -0.05) is 12.1 Å². The first kappa shape index (κ1) is 17.6. The lowest BCUT2D eigenvalue weighted by Gasteiger charge is -2.05. The molecular weight excluding hydrogens is 402 g/mol. The molecule has 3 aromatic rings. The van der Waals surface area contributed by atoms with Gasteiger partial charge in [-0.05, 0) is 64.5 Å². The number of azo groups is 1. The van der Waals surface area contributed by atoms with Gasteiger partial charge in [0, 0.05) is 4.47 Å². The van der Waals surface area contributed by atoms with Crippen LogP contribution < -0.4 is 5.48 Å². The van der Waals surface area contributed by atoms with Crippen molar-refractivity contribution in [2.45, 2.75) is 0 Å². The van der Waals surface area contributed by atoms with Crippen LogP contribution in [0.3, 0.4) is 0 Å². The van der Waals surface area contributed by atoms with Crippen molar-refractivity contribution >= 4 is 39.2 Å². The molecule has 3 rings (SSSR count). The highest BCUT2D eigenvalue weighted by molar-refractivity contribution is 9.10. The Kier molecular flexibility index (Phi) is 5.55. The van der Waals surface area contributed by atoms with E-state index in [0.717, 1.165) is 0 Å². The number of amides is 1. The first-order valence-electron chi connectivity index (χ1n) is 7.45. The smallest absolute Gasteiger partial charge is 0.398 e. The molecule has 1 N–H and O–H groups in total. The molecule has 1 heterocycles. The third-order valence-corrected chi connectivity index (χ3v) is 3.90. The largest absolute Gasteiger partial charge is 0.457 e. The third kappa shape index (κ3) is 4.42. The van der Waals surface area contributed by atoms with E-state index in [1.807, 2.05) is 6.07 Å². The zero-order valence-corrected chi connectivity index (χ0v) is 14.8. The minimum atomic E-state index is -0.641. The normalized spacial score (nSPS) is 10.7. The Balaban J connectivity index is 1.58. The summed E-state index contributed by atoms with van der Waals surface area (Å²) in [6.07, 6.45) is 1.38. The van der Waals surface area contributed by atoms with E-state index < -0.39 is 11.9 Å². The highest BCUT2D eigenvalue weighted by Gasteiger charge is 2.10. The number of hydrogen-bond donors (Lipinski definition) is 1. The summed E-state index contributed by atoms with van der Waals surface area (Å²) >= 11 is 3.30. The molecule has 0 spiro atoms. The maximum Gasteiger partial charge on any atom is 0.398 e. The van der Waals surface area contributed by atoms with Crippen LogP contribution in [0.4, 0.5) is 11.4 Å². The van der Waals surface area contributed by atoms with Gasteiger partial charge in [-0.15, -0.1) is 10.2 Å². The number of nitrogens with one attached hydrogen (secondary N) is 1. The number of furan rings is 1. The molecule has 0 unspecified atom stereocenters. The molecule has 0 aliphatic rings. The van der Waals surface area contributed by atoms with Crippen LogP contribution in [0.25, 0.3) is 0 Å². The minimum absolute atomic E-state index is 0.0912. The zero-order valence-electron chi connectivity index (χ0n) is 13.3. The van der Waals surface area contributed by atoms with Crippen molar-refractivity contribution in [2.24, 2.45) is 10.2 Å². The number of anilines is 1. The number of nitrogens with zero attached hydrogens (tertiary/aromatic N) is 2. The summed E-state index contributed by atoms with van der Waals surface area (Å²) in [6.45, 7) is 0. The van der Waals surface area contributed by atoms with Gasteiger partial charge in [0.05, 0.1) is 23.2 Å². The van der Waals surface area contributed by atoms with E-state index in [1.54, 1.807) is 48.5 Å². The van der Waals surface area contributed by atoms with Crippen molar-refractivity contribution < 1.29 is 18.8 Å². The maximum absolute atomic E-state index is 12.0. The second kappa shape index (κ2) is 8.21. The maximum atomic E-state index is 12.0. The lowest BCUT2D eigenvalue weighted by Crippen LogP contribution is -2.09. The Morgan fingerprint density at radius 1 is 1.00 bits per heavy atom. The van der Waals surface area contributed by atoms with Gasteiger partial charge < -0.3 is 9.25 Å². The van der Waals surface area contributed by atoms with E-state index in [9.17, 15) is 9.59 Å². The summed E-state index contributed by atoms with van der Waals surface area (Å²) in [5.74, 6) is -1.00. The van der Waals surface area contributed by atoms with Gasteiger partial charge in [0.15, 0.2) is 0 Å². The molecule has 0 saturated heterocycles. The predicted octanol–water partition coefficient (Wildman–Crippen LogP) is 5.15. The summed E-state index contributed by atoms with van der Waals surface area (Å²) in [5.41, 5.74) is 3.94. The van der Waals surface area contributed by atoms with Gasteiger partial charge in [-0.3, -0.25) is 4.79 Å². The second-order valence-electron chi connectivity index (χ2n) is 5.00. The Morgan fingerprint density at radius 2 is 1.77 bits per heavy atom. The Labute approximate surface area is 156 Å². The quantitative estimate of drug-likeness (QED) is 0.460. The van der Waals surface area contributed by atoms with Crippen LogP contribution in [0.1, 0.15) is 20.9 Å². The van der Waals surface area contributed by atoms with Crippen molar-refractivity contribution in [2.75, 3.05) is 5.48 Å². The number of hydrogen-bond acceptors (Lipinski definition) is 6. The summed E-state index contributed by atoms with van der Waals surface area (Å²) < 4.78 is 5.58. The Morgan fingerprint density at radius 3 is 2.46 bits per heavy atom. The highest BCUT2D eigenvalue weighted by Crippen LogP contribution is 2.20. The third-order valence-electron chi connectivity index (χ3n) is 3.21. The lowest BCUT2D eigenvalue weighted by atomic mass is 10.2. The van der Waals surface area contributed by atoms with Gasteiger partial charge in [0.1, 0.15) is 0 Å². The van der Waals surface area contributed by atoms with Crippen molar-refractivity contribution in [3.05, 3.63) is 82.7 Å². The SMILES string of the molecule is O=C(ONc1ccc(N=NC(=O)c2ccccc2Br)cc1)c1ccco1. The topological polar surface area (TPSA) is 93.3 Å². The van der Waals surface area contributed by atoms with Crippen molar-refractivity contribution in [3.63, 3.8) is 0 Å². The van der Waals surface area contributed by atoms with Crippen LogP contribution in [-0.4, -0.2) is 11.9 Å². The Bertz CT molecular complexity index is 937. The van der Waals surface area contributed by atoms with E-state index in [1.165, 1.54) is 12.3 Å². The van der Waals surface area contributed by atoms with E-state index in [2.05, 4.69) is 31.6 Å². The monoisotopic (exact) mass is 413 g/mol. The molecule has 1 aromatic heterocycles. The molecule has 2 aromatic carbocycles. The molecule has 26 heavy (non-hydrogen) atoms. The average molecular weight is 414 g/mol. The van der Waals surface area contributed by atoms with Crippen LogP contribution in [0.2, 0.25) is 0 Å². The first-order chi connectivity index (χ1) is 12.6. The summed E-state index contributed by atoms with van der Waals surface area (Å²) in [5, 5.41) is 7.61. The van der Waals surface area contributed by atoms with Gasteiger partial charge >= 0.3 is 5.97 Å². The van der Waals surface area contributed by atoms with E-state index in [-0.39, 0.29) is 5.76 Å². The number of rotatable bonds is 5. The van der Waals surface area contributed by atoms with E-state index in [4.69, 9.17) is 9.25 Å². The van der Waals surface area contributed by atoms with Crippen molar-refractivity contribution in [1.29, 1.82) is 0 Å². The van der Waals surface area contributed by atoms with Gasteiger partial charge in [0.25, 0.3) is 5.91 Å². The molecule has 0 bridgehead atoms. The van der Waals surface area contributed by atoms with Gasteiger partial charge in [-0.25, -0.2) is 10.3 Å². The molecule has 7 nitrogen and oxygen atoms in total. The molecule has 0 atom stereocenters. The lowest BCUT2D eigenvalue weighted by molar-refractivity contribution is 0.0560. The number of benzene rings is 2. The molecular formula is C18H12BrN3O4. The van der Waals surface area contributed by atoms with Crippen molar-refractivity contribution in [3.8, 4) is 0 Å². The molecule has 0 fully saturated rings. The molecule has 0 aliphatic heterocycles. The second-order valence-corrected chi connectivity index (χ2v) is 5.86. The fourth-order valence-corrected chi connectivity index (χ4v) is 2.39. The Hall–Kier alpha value is -3.26. The van der Waals surface area contributed by atoms with Gasteiger partial charge in [0.2, 0.25) is 5.76 Å². The summed E-state index contributed by atoms with van der Waals surface area (Å²) in [6, 6.07) is 16.6. The zero-order chi connectivity index (χ0) is 18.4. The molecule has 0 aliphatic carbocycles. The molecule has 8 heteroatoms. The standard InChI is InChI=1S/C18H12BrN3O4/c19-15-5-2-1-4-14(15)17(23)21-20-12-7-9-13(10-8-12)22-26-18(24)16-6-3-11-25-16/h1-11,22H. The predicted molar refractivity (Wildman–Crippen MR) is 97.2 cm³/mol. The molecule has 0 saturated carbocycles. The highest BCUT2D eigenvalue weighted by atomic mass is 79.9. The van der Waals surface area contributed by atoms with Crippen LogP contribution in [0.5, 0.6) is 0 Å². The number of halogens is 1. The van der Waals surface area contributed by atoms with E-state index in [0.29, 0.717) is 21.4 Å². The fourth-order valence-electron chi connectivity index (χ4n) is 1.94. The minimum Gasteiger partial charge on any atom is -0.457 e. The van der Waals surface area contributed by atoms with Crippen molar-refractivity contribution in [1.82, 2.24) is 0 Å². The fraction of sp³-hybridized carbons (Fsp3) is 0. The van der Waals surface area contributed by atoms with Crippen LogP contribution >= 0.6 is 15.9 Å². The van der Waals surface area contributed by atoms with Crippen LogP contribution in [0.15, 0.2) is 86.0 Å². The molecule has 0 radical (unpaired) electrons. The van der Waals surface area contributed by atoms with Crippen LogP contribution in [0, 0.1) is 0 Å². The number of carbonyl (C=O) groups excluding carboxylic acids is 2. The molecule has 130 valence electrons. The number of carbonyl (C=O) groups is 2. The van der Waals surface area contributed by atoms with Gasteiger partial charge in [-0.2, -0.15) is 0 Å².